The minimum atomic E-state index is -0.473. The summed E-state index contributed by atoms with van der Waals surface area (Å²) in [5.41, 5.74) is 5.90. The Balaban J connectivity index is 2.15. The van der Waals surface area contributed by atoms with Gasteiger partial charge in [-0.1, -0.05) is 73.0 Å². The molecule has 2 aromatic rings. The van der Waals surface area contributed by atoms with Crippen LogP contribution in [-0.4, -0.2) is 34.6 Å². The lowest BCUT2D eigenvalue weighted by molar-refractivity contribution is -0.139. The van der Waals surface area contributed by atoms with E-state index in [1.807, 2.05) is 45.9 Å². The summed E-state index contributed by atoms with van der Waals surface area (Å²) >= 11 is 1.61. The first-order valence-electron chi connectivity index (χ1n) is 11.5. The van der Waals surface area contributed by atoms with Crippen LogP contribution in [0.4, 0.5) is 0 Å². The van der Waals surface area contributed by atoms with Gasteiger partial charge >= 0.3 is 0 Å². The Bertz CT molecular complexity index is 892. The molecule has 0 aromatic heterocycles. The van der Waals surface area contributed by atoms with Gasteiger partial charge in [-0.3, -0.25) is 9.59 Å². The highest BCUT2D eigenvalue weighted by Crippen LogP contribution is 2.19. The van der Waals surface area contributed by atoms with Crippen molar-refractivity contribution < 1.29 is 9.59 Å². The SMILES string of the molecule is CC[C@H](C)NC(=O)[C@H](CC)N(Cc1cccc(C)c1)C(=O)CSCc1cc(C)cc(C)c1. The van der Waals surface area contributed by atoms with Gasteiger partial charge in [0.05, 0.1) is 5.75 Å². The van der Waals surface area contributed by atoms with E-state index in [9.17, 15) is 9.59 Å². The molecule has 0 fully saturated rings. The summed E-state index contributed by atoms with van der Waals surface area (Å²) in [6.45, 7) is 12.7. The van der Waals surface area contributed by atoms with Gasteiger partial charge in [0.2, 0.25) is 11.8 Å². The van der Waals surface area contributed by atoms with Gasteiger partial charge in [-0.15, -0.1) is 11.8 Å². The molecule has 5 heteroatoms. The second-order valence-electron chi connectivity index (χ2n) is 8.74. The highest BCUT2D eigenvalue weighted by Gasteiger charge is 2.29. The number of carbonyl (C=O) groups is 2. The van der Waals surface area contributed by atoms with Gasteiger partial charge in [0, 0.05) is 18.3 Å². The van der Waals surface area contributed by atoms with Crippen LogP contribution < -0.4 is 5.32 Å². The number of nitrogens with zero attached hydrogens (tertiary/aromatic N) is 1. The van der Waals surface area contributed by atoms with Crippen molar-refractivity contribution in [3.8, 4) is 0 Å². The molecule has 1 N–H and O–H groups in total. The molecule has 0 saturated heterocycles. The topological polar surface area (TPSA) is 49.4 Å². The van der Waals surface area contributed by atoms with Crippen LogP contribution in [0.5, 0.6) is 0 Å². The lowest BCUT2D eigenvalue weighted by Gasteiger charge is -2.31. The predicted molar refractivity (Wildman–Crippen MR) is 136 cm³/mol. The number of nitrogens with one attached hydrogen (secondary N) is 1. The maximum atomic E-state index is 13.3. The molecular weight excluding hydrogens is 416 g/mol. The summed E-state index contributed by atoms with van der Waals surface area (Å²) in [4.78, 5) is 28.1. The van der Waals surface area contributed by atoms with Crippen LogP contribution in [0.2, 0.25) is 0 Å². The van der Waals surface area contributed by atoms with Gasteiger partial charge in [0.1, 0.15) is 6.04 Å². The van der Waals surface area contributed by atoms with E-state index >= 15 is 0 Å². The van der Waals surface area contributed by atoms with Gasteiger partial charge in [-0.2, -0.15) is 0 Å². The largest absolute Gasteiger partial charge is 0.352 e. The van der Waals surface area contributed by atoms with Crippen LogP contribution >= 0.6 is 11.8 Å². The number of rotatable bonds is 11. The zero-order valence-corrected chi connectivity index (χ0v) is 21.2. The van der Waals surface area contributed by atoms with Gasteiger partial charge in [0.25, 0.3) is 0 Å². The fourth-order valence-corrected chi connectivity index (χ4v) is 4.70. The van der Waals surface area contributed by atoms with Crippen molar-refractivity contribution in [2.75, 3.05) is 5.75 Å². The Morgan fingerprint density at radius 3 is 2.19 bits per heavy atom. The van der Waals surface area contributed by atoms with E-state index in [0.717, 1.165) is 23.3 Å². The fraction of sp³-hybridized carbons (Fsp3) is 0.481. The highest BCUT2D eigenvalue weighted by atomic mass is 32.2. The zero-order valence-electron chi connectivity index (χ0n) is 20.4. The van der Waals surface area contributed by atoms with Crippen molar-refractivity contribution in [1.29, 1.82) is 0 Å². The van der Waals surface area contributed by atoms with Crippen LogP contribution in [0.3, 0.4) is 0 Å². The summed E-state index contributed by atoms with van der Waals surface area (Å²) in [5.74, 6) is 1.07. The van der Waals surface area contributed by atoms with Crippen molar-refractivity contribution in [2.45, 2.75) is 78.8 Å². The average Bonchev–Trinajstić information content (AvgIpc) is 2.72. The molecule has 2 amide bonds. The Hall–Kier alpha value is -2.27. The first-order chi connectivity index (χ1) is 15.2. The van der Waals surface area contributed by atoms with Crippen molar-refractivity contribution in [3.05, 3.63) is 70.3 Å². The van der Waals surface area contributed by atoms with Gasteiger partial charge in [0.15, 0.2) is 0 Å². The van der Waals surface area contributed by atoms with E-state index in [4.69, 9.17) is 0 Å². The smallest absolute Gasteiger partial charge is 0.243 e. The second-order valence-corrected chi connectivity index (χ2v) is 9.73. The Labute approximate surface area is 198 Å². The number of thioether (sulfide) groups is 1. The maximum Gasteiger partial charge on any atom is 0.243 e. The van der Waals surface area contributed by atoms with Crippen molar-refractivity contribution in [3.63, 3.8) is 0 Å². The Morgan fingerprint density at radius 2 is 1.59 bits per heavy atom. The highest BCUT2D eigenvalue weighted by molar-refractivity contribution is 7.99. The zero-order chi connectivity index (χ0) is 23.7. The molecule has 0 aliphatic heterocycles. The number of hydrogen-bond acceptors (Lipinski definition) is 3. The first-order valence-corrected chi connectivity index (χ1v) is 12.7. The molecule has 0 aliphatic carbocycles. The lowest BCUT2D eigenvalue weighted by Crippen LogP contribution is -2.51. The van der Waals surface area contributed by atoms with Gasteiger partial charge < -0.3 is 10.2 Å². The summed E-state index contributed by atoms with van der Waals surface area (Å²) in [5, 5.41) is 3.07. The third kappa shape index (κ3) is 8.01. The molecule has 0 heterocycles. The van der Waals surface area contributed by atoms with E-state index in [1.165, 1.54) is 16.7 Å². The number of aryl methyl sites for hydroxylation is 3. The molecule has 2 aromatic carbocycles. The molecule has 4 nitrogen and oxygen atoms in total. The number of benzene rings is 2. The number of hydrogen-bond donors (Lipinski definition) is 1. The second kappa shape index (κ2) is 12.7. The molecule has 174 valence electrons. The Morgan fingerprint density at radius 1 is 0.938 bits per heavy atom. The quantitative estimate of drug-likeness (QED) is 0.483. The van der Waals surface area contributed by atoms with Gasteiger partial charge in [-0.25, -0.2) is 0 Å². The van der Waals surface area contributed by atoms with Gasteiger partial charge in [-0.05, 0) is 51.7 Å². The molecule has 2 atom stereocenters. The van der Waals surface area contributed by atoms with Crippen molar-refractivity contribution in [2.24, 2.45) is 0 Å². The van der Waals surface area contributed by atoms with Crippen LogP contribution in [-0.2, 0) is 21.9 Å². The summed E-state index contributed by atoms with van der Waals surface area (Å²) in [6.07, 6.45) is 1.45. The molecular formula is C27H38N2O2S. The molecule has 0 aliphatic rings. The van der Waals surface area contributed by atoms with Crippen molar-refractivity contribution >= 4 is 23.6 Å². The van der Waals surface area contributed by atoms with Crippen LogP contribution in [0, 0.1) is 20.8 Å². The molecule has 0 spiro atoms. The third-order valence-corrected chi connectivity index (χ3v) is 6.59. The minimum absolute atomic E-state index is 0.00651. The van der Waals surface area contributed by atoms with E-state index in [0.29, 0.717) is 18.7 Å². The molecule has 0 unspecified atom stereocenters. The monoisotopic (exact) mass is 454 g/mol. The Kier molecular flexibility index (Phi) is 10.3. The normalized spacial score (nSPS) is 12.8. The summed E-state index contributed by atoms with van der Waals surface area (Å²) in [7, 11) is 0. The van der Waals surface area contributed by atoms with Crippen LogP contribution in [0.1, 0.15) is 61.4 Å². The maximum absolute atomic E-state index is 13.3. The summed E-state index contributed by atoms with van der Waals surface area (Å²) in [6, 6.07) is 14.3. The standard InChI is InChI=1S/C27H38N2O2S/c1-7-22(6)28-27(31)25(8-2)29(16-23-11-9-10-19(3)13-23)26(30)18-32-17-24-14-20(4)12-21(5)15-24/h9-15,22,25H,7-8,16-18H2,1-6H3,(H,28,31)/t22-,25-/m0/s1. The number of carbonyl (C=O) groups excluding carboxylic acids is 2. The molecule has 0 radical (unpaired) electrons. The third-order valence-electron chi connectivity index (χ3n) is 5.60. The van der Waals surface area contributed by atoms with E-state index in [-0.39, 0.29) is 17.9 Å². The predicted octanol–water partition coefficient (Wildman–Crippen LogP) is 5.57. The fourth-order valence-electron chi connectivity index (χ4n) is 3.86. The number of amides is 2. The first kappa shape index (κ1) is 26.0. The van der Waals surface area contributed by atoms with E-state index in [2.05, 4.69) is 43.4 Å². The molecule has 0 bridgehead atoms. The average molecular weight is 455 g/mol. The molecule has 2 rings (SSSR count). The van der Waals surface area contributed by atoms with Crippen LogP contribution in [0.15, 0.2) is 42.5 Å². The lowest BCUT2D eigenvalue weighted by atomic mass is 10.1. The molecule has 32 heavy (non-hydrogen) atoms. The minimum Gasteiger partial charge on any atom is -0.352 e. The van der Waals surface area contributed by atoms with E-state index < -0.39 is 6.04 Å². The summed E-state index contributed by atoms with van der Waals surface area (Å²) < 4.78 is 0. The van der Waals surface area contributed by atoms with Crippen LogP contribution in [0.25, 0.3) is 0 Å². The van der Waals surface area contributed by atoms with E-state index in [1.54, 1.807) is 16.7 Å². The molecule has 0 saturated carbocycles. The van der Waals surface area contributed by atoms with Crippen molar-refractivity contribution in [1.82, 2.24) is 10.2 Å².